The molecule has 0 spiro atoms. The zero-order valence-electron chi connectivity index (χ0n) is 21.0. The number of carbonyl (C=O) groups excluding carboxylic acids is 2. The third-order valence-electron chi connectivity index (χ3n) is 5.96. The second-order valence-electron chi connectivity index (χ2n) is 8.96. The van der Waals surface area contributed by atoms with Gasteiger partial charge in [-0.25, -0.2) is 0 Å². The van der Waals surface area contributed by atoms with Gasteiger partial charge in [0, 0.05) is 24.4 Å². The van der Waals surface area contributed by atoms with E-state index in [9.17, 15) is 9.59 Å². The van der Waals surface area contributed by atoms with Gasteiger partial charge in [0.05, 0.1) is 5.75 Å². The fourth-order valence-corrected chi connectivity index (χ4v) is 4.60. The number of nitrogens with zero attached hydrogens (tertiary/aromatic N) is 1. The van der Waals surface area contributed by atoms with E-state index in [-0.39, 0.29) is 17.6 Å². The Hall–Kier alpha value is -3.05. The molecule has 0 aliphatic heterocycles. The highest BCUT2D eigenvalue weighted by molar-refractivity contribution is 8.00. The highest BCUT2D eigenvalue weighted by Gasteiger charge is 2.30. The van der Waals surface area contributed by atoms with Gasteiger partial charge < -0.3 is 10.2 Å². The van der Waals surface area contributed by atoms with E-state index in [4.69, 9.17) is 0 Å². The molecular formula is C30H36N2O2S. The average Bonchev–Trinajstić information content (AvgIpc) is 2.87. The topological polar surface area (TPSA) is 49.4 Å². The molecule has 0 aliphatic carbocycles. The van der Waals surface area contributed by atoms with Crippen molar-refractivity contribution in [3.05, 3.63) is 101 Å². The van der Waals surface area contributed by atoms with Crippen LogP contribution < -0.4 is 5.32 Å². The van der Waals surface area contributed by atoms with Crippen molar-refractivity contribution in [2.45, 2.75) is 57.5 Å². The lowest BCUT2D eigenvalue weighted by molar-refractivity contribution is -0.139. The van der Waals surface area contributed by atoms with Gasteiger partial charge in [-0.15, -0.1) is 11.8 Å². The molecule has 0 bridgehead atoms. The van der Waals surface area contributed by atoms with Gasteiger partial charge in [0.15, 0.2) is 0 Å². The highest BCUT2D eigenvalue weighted by Crippen LogP contribution is 2.21. The Morgan fingerprint density at radius 3 is 2.11 bits per heavy atom. The Labute approximate surface area is 214 Å². The molecule has 0 aliphatic rings. The first-order valence-corrected chi connectivity index (χ1v) is 13.3. The van der Waals surface area contributed by atoms with Crippen molar-refractivity contribution in [3.8, 4) is 0 Å². The predicted molar refractivity (Wildman–Crippen MR) is 145 cm³/mol. The van der Waals surface area contributed by atoms with Gasteiger partial charge in [-0.1, -0.05) is 91.2 Å². The molecule has 0 saturated heterocycles. The van der Waals surface area contributed by atoms with E-state index >= 15 is 0 Å². The summed E-state index contributed by atoms with van der Waals surface area (Å²) in [5, 5.41) is 3.07. The number of thioether (sulfide) groups is 1. The molecule has 0 aromatic heterocycles. The van der Waals surface area contributed by atoms with E-state index in [1.54, 1.807) is 4.90 Å². The molecule has 3 aromatic rings. The van der Waals surface area contributed by atoms with Crippen molar-refractivity contribution >= 4 is 23.6 Å². The average molecular weight is 489 g/mol. The summed E-state index contributed by atoms with van der Waals surface area (Å²) >= 11 is 1.51. The van der Waals surface area contributed by atoms with Crippen LogP contribution in [0.25, 0.3) is 0 Å². The fraction of sp³-hybridized carbons (Fsp3) is 0.333. The monoisotopic (exact) mass is 488 g/mol. The number of aryl methyl sites for hydroxylation is 2. The quantitative estimate of drug-likeness (QED) is 0.253. The summed E-state index contributed by atoms with van der Waals surface area (Å²) in [6.07, 6.45) is 2.40. The normalized spacial score (nSPS) is 11.6. The summed E-state index contributed by atoms with van der Waals surface area (Å²) in [7, 11) is 0. The number of rotatable bonds is 12. The van der Waals surface area contributed by atoms with Crippen LogP contribution in [-0.2, 0) is 22.6 Å². The fourth-order valence-electron chi connectivity index (χ4n) is 3.81. The van der Waals surface area contributed by atoms with Crippen molar-refractivity contribution in [2.75, 3.05) is 12.3 Å². The van der Waals surface area contributed by atoms with Crippen molar-refractivity contribution in [1.82, 2.24) is 10.2 Å². The zero-order chi connectivity index (χ0) is 25.0. The summed E-state index contributed by atoms with van der Waals surface area (Å²) in [6, 6.07) is 25.7. The largest absolute Gasteiger partial charge is 0.354 e. The van der Waals surface area contributed by atoms with Crippen LogP contribution in [0.2, 0.25) is 0 Å². The first-order chi connectivity index (χ1) is 17.0. The smallest absolute Gasteiger partial charge is 0.243 e. The van der Waals surface area contributed by atoms with Crippen molar-refractivity contribution in [3.63, 3.8) is 0 Å². The molecule has 0 saturated carbocycles. The molecular weight excluding hydrogens is 452 g/mol. The van der Waals surface area contributed by atoms with Gasteiger partial charge >= 0.3 is 0 Å². The molecule has 3 rings (SSSR count). The third kappa shape index (κ3) is 8.59. The second-order valence-corrected chi connectivity index (χ2v) is 10.0. The van der Waals surface area contributed by atoms with Crippen LogP contribution in [0.3, 0.4) is 0 Å². The second kappa shape index (κ2) is 13.7. The van der Waals surface area contributed by atoms with Gasteiger partial charge in [0.25, 0.3) is 0 Å². The number of benzene rings is 3. The molecule has 0 fully saturated rings. The van der Waals surface area contributed by atoms with E-state index in [0.717, 1.165) is 28.9 Å². The van der Waals surface area contributed by atoms with Crippen molar-refractivity contribution in [2.24, 2.45) is 0 Å². The molecule has 0 heterocycles. The maximum absolute atomic E-state index is 13.6. The van der Waals surface area contributed by atoms with E-state index in [2.05, 4.69) is 24.4 Å². The molecule has 2 amide bonds. The van der Waals surface area contributed by atoms with Crippen LogP contribution >= 0.6 is 11.8 Å². The van der Waals surface area contributed by atoms with Crippen LogP contribution in [0, 0.1) is 13.8 Å². The summed E-state index contributed by atoms with van der Waals surface area (Å²) < 4.78 is 0. The Morgan fingerprint density at radius 1 is 0.857 bits per heavy atom. The van der Waals surface area contributed by atoms with Crippen molar-refractivity contribution in [1.29, 1.82) is 0 Å². The number of nitrogens with one attached hydrogen (secondary N) is 1. The van der Waals surface area contributed by atoms with Gasteiger partial charge in [0.2, 0.25) is 11.8 Å². The maximum atomic E-state index is 13.6. The van der Waals surface area contributed by atoms with E-state index in [1.807, 2.05) is 80.6 Å². The SMILES string of the molecule is CCCCNC(=O)[C@@H](Cc1ccccc1)N(Cc1ccc(C)cc1)C(=O)CSc1ccc(C)cc1. The standard InChI is InChI=1S/C30H36N2O2S/c1-4-5-19-31-30(34)28(20-25-9-7-6-8-10-25)32(21-26-15-11-23(2)12-16-26)29(33)22-35-27-17-13-24(3)14-18-27/h6-18,28H,4-5,19-22H2,1-3H3,(H,31,34)/t28-/m1/s1. The first kappa shape index (κ1) is 26.6. The Balaban J connectivity index is 1.86. The van der Waals surface area contributed by atoms with Crippen LogP contribution in [-0.4, -0.2) is 35.1 Å². The lowest BCUT2D eigenvalue weighted by Gasteiger charge is -2.31. The van der Waals surface area contributed by atoms with Gasteiger partial charge in [-0.3, -0.25) is 9.59 Å². The number of unbranched alkanes of at least 4 members (excludes halogenated alkanes) is 1. The summed E-state index contributed by atoms with van der Waals surface area (Å²) in [6.45, 7) is 7.21. The van der Waals surface area contributed by atoms with E-state index < -0.39 is 6.04 Å². The van der Waals surface area contributed by atoms with Crippen LogP contribution in [0.5, 0.6) is 0 Å². The first-order valence-electron chi connectivity index (χ1n) is 12.3. The summed E-state index contributed by atoms with van der Waals surface area (Å²) in [5.74, 6) is 0.147. The number of hydrogen-bond donors (Lipinski definition) is 1. The Kier molecular flexibility index (Phi) is 10.4. The number of carbonyl (C=O) groups is 2. The minimum Gasteiger partial charge on any atom is -0.354 e. The van der Waals surface area contributed by atoms with Gasteiger partial charge in [-0.05, 0) is 43.5 Å². The maximum Gasteiger partial charge on any atom is 0.243 e. The molecule has 1 atom stereocenters. The minimum atomic E-state index is -0.582. The Morgan fingerprint density at radius 2 is 1.49 bits per heavy atom. The lowest BCUT2D eigenvalue weighted by atomic mass is 10.0. The van der Waals surface area contributed by atoms with Gasteiger partial charge in [0.1, 0.15) is 6.04 Å². The molecule has 35 heavy (non-hydrogen) atoms. The predicted octanol–water partition coefficient (Wildman–Crippen LogP) is 5.95. The number of amides is 2. The molecule has 1 N–H and O–H groups in total. The minimum absolute atomic E-state index is 0.0391. The molecule has 184 valence electrons. The third-order valence-corrected chi connectivity index (χ3v) is 6.95. The van der Waals surface area contributed by atoms with E-state index in [1.165, 1.54) is 22.9 Å². The molecule has 0 radical (unpaired) electrons. The van der Waals surface area contributed by atoms with Crippen LogP contribution in [0.15, 0.2) is 83.8 Å². The van der Waals surface area contributed by atoms with Crippen molar-refractivity contribution < 1.29 is 9.59 Å². The van der Waals surface area contributed by atoms with Crippen LogP contribution in [0.4, 0.5) is 0 Å². The Bertz CT molecular complexity index is 1070. The zero-order valence-corrected chi connectivity index (χ0v) is 21.8. The molecule has 0 unspecified atom stereocenters. The molecule has 5 heteroatoms. The lowest BCUT2D eigenvalue weighted by Crippen LogP contribution is -2.51. The molecule has 4 nitrogen and oxygen atoms in total. The van der Waals surface area contributed by atoms with E-state index in [0.29, 0.717) is 19.5 Å². The van der Waals surface area contributed by atoms with Gasteiger partial charge in [-0.2, -0.15) is 0 Å². The number of hydrogen-bond acceptors (Lipinski definition) is 3. The molecule has 3 aromatic carbocycles. The highest BCUT2D eigenvalue weighted by atomic mass is 32.2. The summed E-state index contributed by atoms with van der Waals surface area (Å²) in [5.41, 5.74) is 4.41. The van der Waals surface area contributed by atoms with Crippen LogP contribution in [0.1, 0.15) is 42.0 Å². The summed E-state index contributed by atoms with van der Waals surface area (Å²) in [4.78, 5) is 29.9.